The number of amidine groups is 1. The Morgan fingerprint density at radius 2 is 1.87 bits per heavy atom. The summed E-state index contributed by atoms with van der Waals surface area (Å²) in [6.45, 7) is 7.88. The monoisotopic (exact) mass is 670 g/mol. The van der Waals surface area contributed by atoms with E-state index in [0.29, 0.717) is 50.3 Å². The number of rotatable bonds is 0. The molecule has 250 valence electrons. The van der Waals surface area contributed by atoms with Crippen LogP contribution in [0.15, 0.2) is 65.7 Å². The number of fused-ring (bicyclic) bond motifs is 2. The number of alkyl halides is 3. The van der Waals surface area contributed by atoms with Crippen molar-refractivity contribution in [1.82, 2.24) is 14.5 Å². The predicted molar refractivity (Wildman–Crippen MR) is 172 cm³/mol. The Balaban J connectivity index is 1.24. The number of ether oxygens (including phenoxy) is 2. The number of nitrogens with one attached hydrogen (secondary N) is 1. The van der Waals surface area contributed by atoms with Gasteiger partial charge in [-0.3, -0.25) is 14.6 Å². The van der Waals surface area contributed by atoms with Gasteiger partial charge in [0.05, 0.1) is 42.4 Å². The second kappa shape index (κ2) is 13.4. The number of piperidine rings is 1. The van der Waals surface area contributed by atoms with E-state index in [1.165, 1.54) is 6.07 Å². The maximum absolute atomic E-state index is 13.8. The Labute approximate surface area is 274 Å². The van der Waals surface area contributed by atoms with Gasteiger partial charge in [0.1, 0.15) is 17.1 Å². The molecule has 0 aliphatic carbocycles. The van der Waals surface area contributed by atoms with Gasteiger partial charge in [-0.25, -0.2) is 8.51 Å². The molecule has 1 N–H and O–H groups in total. The Kier molecular flexibility index (Phi) is 9.41. The fourth-order valence-electron chi connectivity index (χ4n) is 6.32. The van der Waals surface area contributed by atoms with E-state index in [0.717, 1.165) is 28.8 Å². The fraction of sp³-hybridized carbons (Fsp3) is 0.441. The van der Waals surface area contributed by atoms with Crippen molar-refractivity contribution in [2.45, 2.75) is 50.4 Å². The summed E-state index contributed by atoms with van der Waals surface area (Å²) in [5, 5.41) is 2.70. The summed E-state index contributed by atoms with van der Waals surface area (Å²) in [4.78, 5) is 32.8. The topological polar surface area (TPSA) is 101 Å². The van der Waals surface area contributed by atoms with Crippen molar-refractivity contribution in [3.63, 3.8) is 0 Å². The molecule has 8 rings (SSSR count). The second-order valence-electron chi connectivity index (χ2n) is 12.3. The van der Waals surface area contributed by atoms with Crippen LogP contribution in [-0.2, 0) is 33.1 Å². The Morgan fingerprint density at radius 1 is 1.09 bits per heavy atom. The zero-order valence-electron chi connectivity index (χ0n) is 26.1. The largest absolute Gasteiger partial charge is 0.493 e. The zero-order valence-corrected chi connectivity index (χ0v) is 26.9. The number of halogens is 3. The number of aliphatic imine (C=N–C) groups is 1. The molecular formula is C34H37F3N4O5S. The Morgan fingerprint density at radius 3 is 2.62 bits per heavy atom. The molecule has 2 fully saturated rings. The summed E-state index contributed by atoms with van der Waals surface area (Å²) < 4.78 is 68.2. The van der Waals surface area contributed by atoms with Gasteiger partial charge >= 0.3 is 6.18 Å². The van der Waals surface area contributed by atoms with E-state index in [2.05, 4.69) is 16.9 Å². The quantitative estimate of drug-likeness (QED) is 0.420. The lowest BCUT2D eigenvalue weighted by Gasteiger charge is -2.34. The maximum Gasteiger partial charge on any atom is 0.416 e. The highest BCUT2D eigenvalue weighted by Gasteiger charge is 2.47. The molecule has 2 aromatic rings. The van der Waals surface area contributed by atoms with E-state index in [4.69, 9.17) is 9.47 Å². The van der Waals surface area contributed by atoms with Crippen molar-refractivity contribution in [3.8, 4) is 5.75 Å². The third-order valence-electron chi connectivity index (χ3n) is 9.10. The minimum Gasteiger partial charge on any atom is -0.493 e. The molecular weight excluding hydrogens is 633 g/mol. The van der Waals surface area contributed by atoms with Gasteiger partial charge in [0, 0.05) is 36.5 Å². The van der Waals surface area contributed by atoms with E-state index < -0.39 is 28.3 Å². The van der Waals surface area contributed by atoms with Crippen molar-refractivity contribution in [2.75, 3.05) is 45.1 Å². The van der Waals surface area contributed by atoms with Gasteiger partial charge in [0.15, 0.2) is 0 Å². The SMILES string of the molecule is C=C1CN2CC1OC/C=C/CCOc1cc(cc(C(F)(F)F)c1)C1=NC3(CCN(CC3)S(=O)CCc3ccc(cc3C)C2=O)C(=O)N1. The zero-order chi connectivity index (χ0) is 33.3. The average Bonchev–Trinajstić information content (AvgIpc) is 3.57. The molecule has 2 amide bonds. The smallest absolute Gasteiger partial charge is 0.416 e. The predicted octanol–water partition coefficient (Wildman–Crippen LogP) is 4.37. The Hall–Kier alpha value is -3.81. The van der Waals surface area contributed by atoms with Crippen LogP contribution in [0.2, 0.25) is 0 Å². The lowest BCUT2D eigenvalue weighted by Crippen LogP contribution is -2.49. The molecule has 6 aliphatic heterocycles. The van der Waals surface area contributed by atoms with Crippen LogP contribution < -0.4 is 10.1 Å². The number of nitrogens with zero attached hydrogens (tertiary/aromatic N) is 3. The summed E-state index contributed by atoms with van der Waals surface area (Å²) in [6, 6.07) is 8.91. The van der Waals surface area contributed by atoms with Crippen LogP contribution >= 0.6 is 0 Å². The second-order valence-corrected chi connectivity index (χ2v) is 13.9. The van der Waals surface area contributed by atoms with E-state index >= 15 is 0 Å². The third kappa shape index (κ3) is 7.21. The first-order valence-corrected chi connectivity index (χ1v) is 16.9. The highest BCUT2D eigenvalue weighted by atomic mass is 32.2. The van der Waals surface area contributed by atoms with Gasteiger partial charge in [0.25, 0.3) is 11.8 Å². The van der Waals surface area contributed by atoms with E-state index in [-0.39, 0.29) is 61.1 Å². The number of aryl methyl sites for hydroxylation is 2. The van der Waals surface area contributed by atoms with Crippen LogP contribution in [0.3, 0.4) is 0 Å². The van der Waals surface area contributed by atoms with Crippen molar-refractivity contribution in [3.05, 3.63) is 88.5 Å². The molecule has 2 atom stereocenters. The van der Waals surface area contributed by atoms with Gasteiger partial charge in [0.2, 0.25) is 0 Å². The van der Waals surface area contributed by atoms with Crippen molar-refractivity contribution >= 4 is 28.6 Å². The van der Waals surface area contributed by atoms with Crippen LogP contribution in [0.5, 0.6) is 5.75 Å². The lowest BCUT2D eigenvalue weighted by molar-refractivity contribution is -0.137. The molecule has 47 heavy (non-hydrogen) atoms. The lowest BCUT2D eigenvalue weighted by atomic mass is 9.89. The molecule has 2 unspecified atom stereocenters. The first-order chi connectivity index (χ1) is 22.4. The van der Waals surface area contributed by atoms with Gasteiger partial charge in [-0.05, 0) is 79.6 Å². The molecule has 2 saturated heterocycles. The maximum atomic E-state index is 13.8. The summed E-state index contributed by atoms with van der Waals surface area (Å²) in [7, 11) is -1.32. The number of carbonyl (C=O) groups excluding carboxylic acids is 2. The summed E-state index contributed by atoms with van der Waals surface area (Å²) in [5.74, 6) is -0.0386. The van der Waals surface area contributed by atoms with Gasteiger partial charge < -0.3 is 19.7 Å². The van der Waals surface area contributed by atoms with E-state index in [1.54, 1.807) is 17.0 Å². The highest BCUT2D eigenvalue weighted by molar-refractivity contribution is 7.82. The number of hydrogen-bond acceptors (Lipinski definition) is 6. The molecule has 9 bridgehead atoms. The van der Waals surface area contributed by atoms with E-state index in [1.807, 2.05) is 29.4 Å². The summed E-state index contributed by atoms with van der Waals surface area (Å²) >= 11 is 0. The van der Waals surface area contributed by atoms with Gasteiger partial charge in [-0.2, -0.15) is 13.2 Å². The standard InChI is InChI=1S/C34H37F3N4O5S/c1-22-16-25-7-6-24(22)8-15-47(44)41-11-9-33(10-12-41)32(43)38-30(39-33)26-17-27(34(35,36)37)19-28(18-26)45-13-4-3-5-14-46-29-21-40(31(25)42)20-23(29)2/h3,5-7,16-19,29H,2,4,8-15,20-21H2,1H3,(H,38,39,43)/b5-3+. The van der Waals surface area contributed by atoms with Crippen LogP contribution in [0.1, 0.15) is 51.9 Å². The Bertz CT molecular complexity index is 1670. The molecule has 6 aliphatic rings. The summed E-state index contributed by atoms with van der Waals surface area (Å²) in [6.07, 6.45) is 0.194. The molecule has 0 saturated carbocycles. The molecule has 13 heteroatoms. The molecule has 0 aromatic heterocycles. The van der Waals surface area contributed by atoms with Crippen LogP contribution in [0, 0.1) is 6.92 Å². The minimum atomic E-state index is -4.63. The minimum absolute atomic E-state index is 0.0101. The molecule has 9 nitrogen and oxygen atoms in total. The molecule has 0 radical (unpaired) electrons. The molecule has 2 aromatic carbocycles. The van der Waals surface area contributed by atoms with Crippen LogP contribution in [-0.4, -0.2) is 87.9 Å². The highest BCUT2D eigenvalue weighted by Crippen LogP contribution is 2.36. The van der Waals surface area contributed by atoms with Crippen molar-refractivity contribution < 1.29 is 36.4 Å². The van der Waals surface area contributed by atoms with Gasteiger partial charge in [-0.15, -0.1) is 0 Å². The van der Waals surface area contributed by atoms with E-state index in [9.17, 15) is 27.0 Å². The molecule has 1 spiro atoms. The number of benzene rings is 2. The summed E-state index contributed by atoms with van der Waals surface area (Å²) in [5.41, 5.74) is 1.37. The number of amides is 2. The fourth-order valence-corrected chi connectivity index (χ4v) is 7.56. The van der Waals surface area contributed by atoms with Gasteiger partial charge in [-0.1, -0.05) is 24.8 Å². The number of carbonyl (C=O) groups is 2. The van der Waals surface area contributed by atoms with Crippen LogP contribution in [0.4, 0.5) is 13.2 Å². The third-order valence-corrected chi connectivity index (χ3v) is 10.6. The number of hydrogen-bond donors (Lipinski definition) is 1. The normalized spacial score (nSPS) is 28.1. The molecule has 6 heterocycles. The van der Waals surface area contributed by atoms with Crippen molar-refractivity contribution in [2.24, 2.45) is 4.99 Å². The first-order valence-electron chi connectivity index (χ1n) is 15.7. The van der Waals surface area contributed by atoms with Crippen LogP contribution in [0.25, 0.3) is 0 Å². The van der Waals surface area contributed by atoms with Crippen molar-refractivity contribution in [1.29, 1.82) is 0 Å². The first kappa shape index (κ1) is 33.1. The average molecular weight is 671 g/mol.